The van der Waals surface area contributed by atoms with Gasteiger partial charge in [0.2, 0.25) is 0 Å². The van der Waals surface area contributed by atoms with Crippen LogP contribution in [0.2, 0.25) is 0 Å². The Hall–Kier alpha value is -3.15. The molecule has 0 aromatic heterocycles. The van der Waals surface area contributed by atoms with Crippen LogP contribution < -0.4 is 15.2 Å². The molecular formula is C16H12NO5-. The van der Waals surface area contributed by atoms with Crippen molar-refractivity contribution < 1.29 is 24.2 Å². The summed E-state index contributed by atoms with van der Waals surface area (Å²) in [6.45, 7) is 1.25. The van der Waals surface area contributed by atoms with Crippen molar-refractivity contribution in [3.63, 3.8) is 0 Å². The van der Waals surface area contributed by atoms with Gasteiger partial charge in [-0.05, 0) is 24.3 Å². The predicted molar refractivity (Wildman–Crippen MR) is 76.5 cm³/mol. The van der Waals surface area contributed by atoms with Crippen LogP contribution in [-0.4, -0.2) is 17.8 Å². The fourth-order valence-corrected chi connectivity index (χ4v) is 1.83. The second kappa shape index (κ2) is 6.53. The van der Waals surface area contributed by atoms with Gasteiger partial charge < -0.3 is 20.0 Å². The third-order valence-corrected chi connectivity index (χ3v) is 2.75. The molecule has 0 bridgehead atoms. The van der Waals surface area contributed by atoms with Crippen molar-refractivity contribution in [2.75, 3.05) is 5.32 Å². The molecule has 2 aromatic rings. The Bertz CT molecular complexity index is 739. The number of carboxylic acid groups (broad SMARTS) is 1. The van der Waals surface area contributed by atoms with Crippen molar-refractivity contribution in [2.24, 2.45) is 0 Å². The molecule has 0 fully saturated rings. The minimum absolute atomic E-state index is 0.119. The van der Waals surface area contributed by atoms with Gasteiger partial charge in [-0.2, -0.15) is 0 Å². The molecule has 2 rings (SSSR count). The molecule has 0 aliphatic carbocycles. The van der Waals surface area contributed by atoms with Crippen LogP contribution in [-0.2, 0) is 4.79 Å². The van der Waals surface area contributed by atoms with E-state index in [0.29, 0.717) is 0 Å². The number of carbonyl (C=O) groups is 3. The maximum absolute atomic E-state index is 12.2. The van der Waals surface area contributed by atoms with Gasteiger partial charge in [-0.1, -0.05) is 24.3 Å². The number of esters is 1. The number of carboxylic acids is 1. The number of carbonyl (C=O) groups excluding carboxylic acids is 3. The Labute approximate surface area is 126 Å². The highest BCUT2D eigenvalue weighted by Crippen LogP contribution is 2.18. The van der Waals surface area contributed by atoms with E-state index in [0.717, 1.165) is 0 Å². The van der Waals surface area contributed by atoms with Crippen molar-refractivity contribution >= 4 is 23.5 Å². The number of hydrogen-bond acceptors (Lipinski definition) is 5. The highest BCUT2D eigenvalue weighted by Gasteiger charge is 2.10. The molecule has 0 aliphatic rings. The fourth-order valence-electron chi connectivity index (χ4n) is 1.83. The molecule has 0 saturated heterocycles. The summed E-state index contributed by atoms with van der Waals surface area (Å²) < 4.78 is 4.89. The second-order valence-corrected chi connectivity index (χ2v) is 4.41. The van der Waals surface area contributed by atoms with Crippen LogP contribution >= 0.6 is 0 Å². The summed E-state index contributed by atoms with van der Waals surface area (Å²) in [6, 6.07) is 11.9. The van der Waals surface area contributed by atoms with E-state index in [1.54, 1.807) is 12.1 Å². The van der Waals surface area contributed by atoms with Crippen molar-refractivity contribution in [3.05, 3.63) is 59.7 Å². The normalized spacial score (nSPS) is 9.86. The Kier molecular flexibility index (Phi) is 4.53. The van der Waals surface area contributed by atoms with Gasteiger partial charge in [0.05, 0.1) is 11.7 Å². The zero-order chi connectivity index (χ0) is 16.1. The van der Waals surface area contributed by atoms with Gasteiger partial charge in [-0.15, -0.1) is 0 Å². The van der Waals surface area contributed by atoms with E-state index in [2.05, 4.69) is 5.32 Å². The van der Waals surface area contributed by atoms with Gasteiger partial charge in [0.1, 0.15) is 5.75 Å². The van der Waals surface area contributed by atoms with Crippen molar-refractivity contribution in [1.82, 2.24) is 0 Å². The number of rotatable bonds is 4. The first-order valence-corrected chi connectivity index (χ1v) is 6.37. The molecule has 0 heterocycles. The number of anilines is 1. The van der Waals surface area contributed by atoms with Crippen LogP contribution in [0.5, 0.6) is 5.75 Å². The van der Waals surface area contributed by atoms with Gasteiger partial charge in [-0.25, -0.2) is 0 Å². The molecule has 0 radical (unpaired) electrons. The molecule has 0 unspecified atom stereocenters. The molecule has 6 heteroatoms. The lowest BCUT2D eigenvalue weighted by Crippen LogP contribution is -2.24. The van der Waals surface area contributed by atoms with Crippen LogP contribution in [0.4, 0.5) is 5.69 Å². The van der Waals surface area contributed by atoms with Crippen LogP contribution in [0.15, 0.2) is 48.5 Å². The second-order valence-electron chi connectivity index (χ2n) is 4.41. The number of para-hydroxylation sites is 1. The molecule has 0 saturated carbocycles. The topological polar surface area (TPSA) is 95.5 Å². The Morgan fingerprint density at radius 2 is 1.77 bits per heavy atom. The summed E-state index contributed by atoms with van der Waals surface area (Å²) >= 11 is 0. The van der Waals surface area contributed by atoms with E-state index in [-0.39, 0.29) is 22.6 Å². The van der Waals surface area contributed by atoms with E-state index in [1.807, 2.05) is 0 Å². The zero-order valence-corrected chi connectivity index (χ0v) is 11.7. The SMILES string of the molecule is CC(=O)Oc1cccc(C(=O)Nc2ccccc2C(=O)[O-])c1. The van der Waals surface area contributed by atoms with Gasteiger partial charge in [-0.3, -0.25) is 9.59 Å². The lowest BCUT2D eigenvalue weighted by Gasteiger charge is -2.12. The molecule has 1 amide bonds. The van der Waals surface area contributed by atoms with Gasteiger partial charge in [0, 0.05) is 18.1 Å². The van der Waals surface area contributed by atoms with Gasteiger partial charge in [0.15, 0.2) is 0 Å². The lowest BCUT2D eigenvalue weighted by molar-refractivity contribution is -0.254. The highest BCUT2D eigenvalue weighted by atomic mass is 16.5. The third kappa shape index (κ3) is 3.69. The number of aromatic carboxylic acids is 1. The summed E-state index contributed by atoms with van der Waals surface area (Å²) in [5.74, 6) is -2.18. The van der Waals surface area contributed by atoms with Crippen LogP contribution in [0.3, 0.4) is 0 Å². The van der Waals surface area contributed by atoms with Gasteiger partial charge >= 0.3 is 5.97 Å². The summed E-state index contributed by atoms with van der Waals surface area (Å²) in [4.78, 5) is 34.1. The first-order valence-electron chi connectivity index (χ1n) is 6.37. The minimum Gasteiger partial charge on any atom is -0.545 e. The molecule has 6 nitrogen and oxygen atoms in total. The number of hydrogen-bond donors (Lipinski definition) is 1. The molecular weight excluding hydrogens is 286 g/mol. The Morgan fingerprint density at radius 1 is 1.05 bits per heavy atom. The number of nitrogens with one attached hydrogen (secondary N) is 1. The van der Waals surface area contributed by atoms with Crippen LogP contribution in [0, 0.1) is 0 Å². The fraction of sp³-hybridized carbons (Fsp3) is 0.0625. The molecule has 1 N–H and O–H groups in total. The average Bonchev–Trinajstić information content (AvgIpc) is 2.47. The van der Waals surface area contributed by atoms with E-state index in [4.69, 9.17) is 4.74 Å². The Balaban J connectivity index is 2.23. The van der Waals surface area contributed by atoms with E-state index in [9.17, 15) is 19.5 Å². The van der Waals surface area contributed by atoms with E-state index >= 15 is 0 Å². The summed E-state index contributed by atoms with van der Waals surface area (Å²) in [5.41, 5.74) is 0.240. The van der Waals surface area contributed by atoms with Crippen molar-refractivity contribution in [3.8, 4) is 5.75 Å². The molecule has 22 heavy (non-hydrogen) atoms. The predicted octanol–water partition coefficient (Wildman–Crippen LogP) is 1.23. The molecule has 0 atom stereocenters. The molecule has 112 valence electrons. The molecule has 2 aromatic carbocycles. The highest BCUT2D eigenvalue weighted by molar-refractivity contribution is 6.07. The molecule has 0 aliphatic heterocycles. The first kappa shape index (κ1) is 15.2. The first-order chi connectivity index (χ1) is 10.5. The summed E-state index contributed by atoms with van der Waals surface area (Å²) in [6.07, 6.45) is 0. The van der Waals surface area contributed by atoms with Crippen molar-refractivity contribution in [1.29, 1.82) is 0 Å². The smallest absolute Gasteiger partial charge is 0.308 e. The Morgan fingerprint density at radius 3 is 2.45 bits per heavy atom. The average molecular weight is 298 g/mol. The van der Waals surface area contributed by atoms with Crippen molar-refractivity contribution in [2.45, 2.75) is 6.92 Å². The number of amides is 1. The zero-order valence-electron chi connectivity index (χ0n) is 11.7. The van der Waals surface area contributed by atoms with E-state index in [1.165, 1.54) is 43.3 Å². The maximum atomic E-state index is 12.2. The summed E-state index contributed by atoms with van der Waals surface area (Å²) in [5, 5.41) is 13.5. The lowest BCUT2D eigenvalue weighted by atomic mass is 10.1. The maximum Gasteiger partial charge on any atom is 0.308 e. The molecule has 0 spiro atoms. The summed E-state index contributed by atoms with van der Waals surface area (Å²) in [7, 11) is 0. The minimum atomic E-state index is -1.38. The number of benzene rings is 2. The van der Waals surface area contributed by atoms with E-state index < -0.39 is 17.8 Å². The largest absolute Gasteiger partial charge is 0.545 e. The van der Waals surface area contributed by atoms with Crippen LogP contribution in [0.25, 0.3) is 0 Å². The quantitative estimate of drug-likeness (QED) is 0.676. The van der Waals surface area contributed by atoms with Crippen LogP contribution in [0.1, 0.15) is 27.6 Å². The standard InChI is InChI=1S/C16H13NO5/c1-10(18)22-12-6-4-5-11(9-12)15(19)17-14-8-3-2-7-13(14)16(20)21/h2-9H,1H3,(H,17,19)(H,20,21)/p-1. The monoisotopic (exact) mass is 298 g/mol. The van der Waals surface area contributed by atoms with Gasteiger partial charge in [0.25, 0.3) is 5.91 Å². The third-order valence-electron chi connectivity index (χ3n) is 2.75. The number of ether oxygens (including phenoxy) is 1.